The molecule has 6 rings (SSSR count). The van der Waals surface area contributed by atoms with E-state index in [0.29, 0.717) is 36.1 Å². The van der Waals surface area contributed by atoms with E-state index in [0.717, 1.165) is 96.6 Å². The van der Waals surface area contributed by atoms with Gasteiger partial charge >= 0.3 is 0 Å². The number of likely N-dealkylation sites (tertiary alicyclic amines) is 1. The van der Waals surface area contributed by atoms with Crippen LogP contribution in [0.1, 0.15) is 57.8 Å². The lowest BCUT2D eigenvalue weighted by molar-refractivity contribution is -0.122. The third-order valence-corrected chi connectivity index (χ3v) is 12.5. The summed E-state index contributed by atoms with van der Waals surface area (Å²) in [7, 11) is 1.92. The number of hydrogen-bond acceptors (Lipinski definition) is 10. The second-order valence-corrected chi connectivity index (χ2v) is 14.9. The van der Waals surface area contributed by atoms with Gasteiger partial charge in [0.1, 0.15) is 5.50 Å². The number of fused-ring (bicyclic) bond motifs is 1. The van der Waals surface area contributed by atoms with Crippen molar-refractivity contribution in [1.82, 2.24) is 35.6 Å². The predicted octanol–water partition coefficient (Wildman–Crippen LogP) is 1.22. The fourth-order valence-corrected chi connectivity index (χ4v) is 10.2. The Labute approximate surface area is 264 Å². The van der Waals surface area contributed by atoms with Crippen molar-refractivity contribution < 1.29 is 14.3 Å². The van der Waals surface area contributed by atoms with Crippen LogP contribution in [0.4, 0.5) is 0 Å². The Hall–Kier alpha value is -0.500. The zero-order valence-electron chi connectivity index (χ0n) is 26.7. The van der Waals surface area contributed by atoms with Gasteiger partial charge in [-0.1, -0.05) is 0 Å². The topological polar surface area (TPSA) is 84.6 Å². The van der Waals surface area contributed by atoms with Crippen molar-refractivity contribution in [3.8, 4) is 0 Å². The maximum absolute atomic E-state index is 13.4. The van der Waals surface area contributed by atoms with Crippen LogP contribution in [0.2, 0.25) is 0 Å². The van der Waals surface area contributed by atoms with Gasteiger partial charge in [-0.3, -0.25) is 24.8 Å². The highest BCUT2D eigenvalue weighted by atomic mass is 32.2. The molecule has 1 amide bonds. The number of carbonyl (C=O) groups excluding carboxylic acids is 1. The quantitative estimate of drug-likeness (QED) is 0.293. The summed E-state index contributed by atoms with van der Waals surface area (Å²) < 4.78 is 11.7. The average Bonchev–Trinajstić information content (AvgIpc) is 3.70. The van der Waals surface area contributed by atoms with Crippen LogP contribution in [0, 0.1) is 5.92 Å². The third kappa shape index (κ3) is 8.46. The van der Waals surface area contributed by atoms with E-state index in [2.05, 4.69) is 35.6 Å². The van der Waals surface area contributed by atoms with Gasteiger partial charge in [0.2, 0.25) is 5.91 Å². The molecule has 5 saturated heterocycles. The summed E-state index contributed by atoms with van der Waals surface area (Å²) in [6.45, 7) is 13.3. The molecule has 0 aromatic rings. The van der Waals surface area contributed by atoms with Gasteiger partial charge in [0.05, 0.1) is 25.4 Å². The number of morpholine rings is 1. The molecule has 1 aliphatic carbocycles. The van der Waals surface area contributed by atoms with Gasteiger partial charge in [-0.25, -0.2) is 0 Å². The van der Waals surface area contributed by atoms with Gasteiger partial charge in [0, 0.05) is 70.1 Å². The number of methoxy groups -OCH3 is 1. The normalized spacial score (nSPS) is 36.3. The maximum Gasteiger partial charge on any atom is 0.221 e. The first-order valence-electron chi connectivity index (χ1n) is 17.6. The molecule has 0 aromatic heterocycles. The first-order chi connectivity index (χ1) is 21.2. The Balaban J connectivity index is 1.08. The standard InChI is InChI=1S/C32H59N7O3S/c1-41-28-9-8-25-7-4-10-34-30(25)31(28)38-16-6-15-37(17-18-38)27(23-29(40)33-11-5-14-36-12-2-3-13-36)26-24-43-32(35-26)39-19-21-42-22-20-39/h25-28,30-32,34-35H,2-24H2,1H3,(H,33,40). The summed E-state index contributed by atoms with van der Waals surface area (Å²) in [5.74, 6) is 2.05. The number of rotatable bonds is 11. The van der Waals surface area contributed by atoms with Gasteiger partial charge in [-0.15, -0.1) is 11.8 Å². The largest absolute Gasteiger partial charge is 0.380 e. The highest BCUT2D eigenvalue weighted by Gasteiger charge is 2.45. The molecule has 0 radical (unpaired) electrons. The van der Waals surface area contributed by atoms with Crippen LogP contribution < -0.4 is 16.0 Å². The molecule has 1 saturated carbocycles. The Morgan fingerprint density at radius 1 is 0.977 bits per heavy atom. The van der Waals surface area contributed by atoms with Gasteiger partial charge in [-0.05, 0) is 96.6 Å². The van der Waals surface area contributed by atoms with Crippen molar-refractivity contribution in [2.75, 3.05) is 98.1 Å². The summed E-state index contributed by atoms with van der Waals surface area (Å²) in [5.41, 5.74) is 0.322. The van der Waals surface area contributed by atoms with E-state index in [9.17, 15) is 4.79 Å². The summed E-state index contributed by atoms with van der Waals surface area (Å²) in [6.07, 6.45) is 10.8. The molecular weight excluding hydrogens is 562 g/mol. The number of carbonyl (C=O) groups is 1. The molecule has 5 heterocycles. The second kappa shape index (κ2) is 16.4. The number of amides is 1. The number of ether oxygens (including phenoxy) is 2. The Morgan fingerprint density at radius 2 is 1.84 bits per heavy atom. The first kappa shape index (κ1) is 32.4. The zero-order chi connectivity index (χ0) is 29.4. The van der Waals surface area contributed by atoms with Crippen molar-refractivity contribution in [2.24, 2.45) is 5.92 Å². The fraction of sp³-hybridized carbons (Fsp3) is 0.969. The molecule has 7 atom stereocenters. The molecule has 0 aromatic carbocycles. The van der Waals surface area contributed by atoms with E-state index in [1.807, 2.05) is 18.9 Å². The molecule has 6 aliphatic rings. The molecule has 246 valence electrons. The smallest absolute Gasteiger partial charge is 0.221 e. The number of nitrogens with zero attached hydrogens (tertiary/aromatic N) is 4. The summed E-state index contributed by atoms with van der Waals surface area (Å²) >= 11 is 2.02. The molecule has 0 spiro atoms. The van der Waals surface area contributed by atoms with E-state index >= 15 is 0 Å². The molecule has 5 aliphatic heterocycles. The molecule has 10 nitrogen and oxygen atoms in total. The molecule has 7 unspecified atom stereocenters. The number of hydrogen-bond donors (Lipinski definition) is 3. The fourth-order valence-electron chi connectivity index (χ4n) is 8.83. The average molecular weight is 622 g/mol. The van der Waals surface area contributed by atoms with Crippen molar-refractivity contribution >= 4 is 17.7 Å². The molecule has 3 N–H and O–H groups in total. The Bertz CT molecular complexity index is 861. The van der Waals surface area contributed by atoms with Crippen LogP contribution in [-0.4, -0.2) is 159 Å². The van der Waals surface area contributed by atoms with Gasteiger partial charge in [0.25, 0.3) is 0 Å². The summed E-state index contributed by atoms with van der Waals surface area (Å²) in [4.78, 5) is 23.9. The molecular formula is C32H59N7O3S. The number of thioether (sulfide) groups is 1. The zero-order valence-corrected chi connectivity index (χ0v) is 27.5. The van der Waals surface area contributed by atoms with E-state index in [4.69, 9.17) is 9.47 Å². The maximum atomic E-state index is 13.4. The summed E-state index contributed by atoms with van der Waals surface area (Å²) in [5, 5.41) is 11.2. The Morgan fingerprint density at radius 3 is 2.67 bits per heavy atom. The lowest BCUT2D eigenvalue weighted by atomic mass is 9.74. The highest BCUT2D eigenvalue weighted by Crippen LogP contribution is 2.36. The lowest BCUT2D eigenvalue weighted by Crippen LogP contribution is -2.63. The molecule has 11 heteroatoms. The van der Waals surface area contributed by atoms with Crippen LogP contribution in [0.25, 0.3) is 0 Å². The predicted molar refractivity (Wildman–Crippen MR) is 173 cm³/mol. The second-order valence-electron chi connectivity index (χ2n) is 13.8. The van der Waals surface area contributed by atoms with E-state index in [1.165, 1.54) is 51.6 Å². The minimum Gasteiger partial charge on any atom is -0.380 e. The van der Waals surface area contributed by atoms with Crippen LogP contribution in [-0.2, 0) is 14.3 Å². The van der Waals surface area contributed by atoms with Crippen molar-refractivity contribution in [3.05, 3.63) is 0 Å². The highest BCUT2D eigenvalue weighted by molar-refractivity contribution is 8.00. The van der Waals surface area contributed by atoms with Crippen LogP contribution in [0.15, 0.2) is 0 Å². The third-order valence-electron chi connectivity index (χ3n) is 11.2. The SMILES string of the molecule is COC1CCC2CCCNC2C1N1CCCN(C(CC(=O)NCCCN2CCCC2)C2CSC(N3CCOCC3)N2)CC1. The Kier molecular flexibility index (Phi) is 12.3. The van der Waals surface area contributed by atoms with Crippen LogP contribution >= 0.6 is 11.8 Å². The van der Waals surface area contributed by atoms with E-state index < -0.39 is 0 Å². The molecule has 0 bridgehead atoms. The molecule has 43 heavy (non-hydrogen) atoms. The minimum absolute atomic E-state index is 0.210. The van der Waals surface area contributed by atoms with Crippen LogP contribution in [0.5, 0.6) is 0 Å². The number of piperidine rings is 1. The van der Waals surface area contributed by atoms with Gasteiger partial charge < -0.3 is 25.0 Å². The molecule has 6 fully saturated rings. The van der Waals surface area contributed by atoms with Crippen LogP contribution in [0.3, 0.4) is 0 Å². The van der Waals surface area contributed by atoms with Gasteiger partial charge in [-0.2, -0.15) is 0 Å². The minimum atomic E-state index is 0.210. The monoisotopic (exact) mass is 621 g/mol. The van der Waals surface area contributed by atoms with Crippen molar-refractivity contribution in [3.63, 3.8) is 0 Å². The van der Waals surface area contributed by atoms with Gasteiger partial charge in [0.15, 0.2) is 0 Å². The number of nitrogens with one attached hydrogen (secondary N) is 3. The van der Waals surface area contributed by atoms with E-state index in [-0.39, 0.29) is 11.9 Å². The lowest BCUT2D eigenvalue weighted by Gasteiger charge is -2.49. The first-order valence-corrected chi connectivity index (χ1v) is 18.7. The van der Waals surface area contributed by atoms with Crippen molar-refractivity contribution in [2.45, 2.75) is 93.6 Å². The van der Waals surface area contributed by atoms with Crippen molar-refractivity contribution in [1.29, 1.82) is 0 Å². The summed E-state index contributed by atoms with van der Waals surface area (Å²) in [6, 6.07) is 1.52. The van der Waals surface area contributed by atoms with E-state index in [1.54, 1.807) is 0 Å².